The highest BCUT2D eigenvalue weighted by Crippen LogP contribution is 2.44. The van der Waals surface area contributed by atoms with E-state index < -0.39 is 18.1 Å². The van der Waals surface area contributed by atoms with Gasteiger partial charge in [0.05, 0.1) is 6.42 Å². The van der Waals surface area contributed by atoms with Gasteiger partial charge in [-0.2, -0.15) is 0 Å². The lowest BCUT2D eigenvalue weighted by molar-refractivity contribution is -0.137. The fraction of sp³-hybridized carbons (Fsp3) is 0.423. The molecule has 7 nitrogen and oxygen atoms in total. The molecule has 2 aliphatic carbocycles. The zero-order valence-electron chi connectivity index (χ0n) is 18.8. The summed E-state index contributed by atoms with van der Waals surface area (Å²) in [6.07, 6.45) is 2.16. The van der Waals surface area contributed by atoms with Crippen molar-refractivity contribution in [3.05, 3.63) is 59.7 Å². The van der Waals surface area contributed by atoms with Crippen LogP contribution in [-0.2, 0) is 14.3 Å². The SMILES string of the molecule is C[C@H](CC(=O)O)NC(=O)C1CCC(NC(=O)OCC2c3ccccc3-c3ccccc32)CC1. The Balaban J connectivity index is 1.25. The van der Waals surface area contributed by atoms with Crippen molar-refractivity contribution in [1.82, 2.24) is 10.6 Å². The predicted molar refractivity (Wildman–Crippen MR) is 124 cm³/mol. The first-order valence-electron chi connectivity index (χ1n) is 11.6. The normalized spacial score (nSPS) is 20.3. The first kappa shape index (κ1) is 22.8. The molecule has 0 unspecified atom stereocenters. The number of fused-ring (bicyclic) bond motifs is 3. The number of ether oxygens (including phenoxy) is 1. The van der Waals surface area contributed by atoms with Crippen molar-refractivity contribution < 1.29 is 24.2 Å². The molecule has 2 aromatic rings. The number of carbonyl (C=O) groups excluding carboxylic acids is 2. The molecular weight excluding hydrogens is 420 g/mol. The largest absolute Gasteiger partial charge is 0.481 e. The van der Waals surface area contributed by atoms with Crippen LogP contribution in [0.3, 0.4) is 0 Å². The number of rotatable bonds is 7. The Morgan fingerprint density at radius 1 is 0.970 bits per heavy atom. The van der Waals surface area contributed by atoms with E-state index in [0.717, 1.165) is 0 Å². The van der Waals surface area contributed by atoms with Crippen molar-refractivity contribution in [2.75, 3.05) is 6.61 Å². The number of carboxylic acid groups (broad SMARTS) is 1. The molecule has 1 fully saturated rings. The molecule has 2 amide bonds. The molecule has 0 bridgehead atoms. The van der Waals surface area contributed by atoms with Crippen molar-refractivity contribution in [3.63, 3.8) is 0 Å². The summed E-state index contributed by atoms with van der Waals surface area (Å²) in [6, 6.07) is 16.0. The number of aliphatic carboxylic acids is 1. The van der Waals surface area contributed by atoms with Gasteiger partial charge in [0.1, 0.15) is 6.61 Å². The molecule has 1 saturated carbocycles. The number of alkyl carbamates (subject to hydrolysis) is 1. The van der Waals surface area contributed by atoms with E-state index in [1.54, 1.807) is 6.92 Å². The fourth-order valence-corrected chi connectivity index (χ4v) is 4.98. The van der Waals surface area contributed by atoms with Gasteiger partial charge in [-0.15, -0.1) is 0 Å². The van der Waals surface area contributed by atoms with Gasteiger partial charge in [-0.25, -0.2) is 4.79 Å². The van der Waals surface area contributed by atoms with Crippen LogP contribution in [0.15, 0.2) is 48.5 Å². The number of hydrogen-bond acceptors (Lipinski definition) is 4. The Morgan fingerprint density at radius 3 is 2.12 bits per heavy atom. The maximum atomic E-state index is 12.5. The number of carboxylic acids is 1. The Hall–Kier alpha value is -3.35. The molecule has 0 aromatic heterocycles. The van der Waals surface area contributed by atoms with Gasteiger partial charge in [0.15, 0.2) is 0 Å². The second-order valence-corrected chi connectivity index (χ2v) is 9.03. The lowest BCUT2D eigenvalue weighted by Crippen LogP contribution is -2.43. The molecule has 0 aliphatic heterocycles. The predicted octanol–water partition coefficient (Wildman–Crippen LogP) is 4.06. The lowest BCUT2D eigenvalue weighted by atomic mass is 9.85. The topological polar surface area (TPSA) is 105 Å². The van der Waals surface area contributed by atoms with E-state index in [9.17, 15) is 14.4 Å². The van der Waals surface area contributed by atoms with Crippen LogP contribution in [0, 0.1) is 5.92 Å². The van der Waals surface area contributed by atoms with Crippen molar-refractivity contribution >= 4 is 18.0 Å². The van der Waals surface area contributed by atoms with E-state index in [-0.39, 0.29) is 36.8 Å². The van der Waals surface area contributed by atoms with E-state index in [0.29, 0.717) is 25.7 Å². The molecule has 0 heterocycles. The van der Waals surface area contributed by atoms with Crippen molar-refractivity contribution in [2.45, 2.75) is 57.0 Å². The quantitative estimate of drug-likeness (QED) is 0.590. The number of nitrogens with one attached hydrogen (secondary N) is 2. The van der Waals surface area contributed by atoms with Gasteiger partial charge in [0.2, 0.25) is 5.91 Å². The van der Waals surface area contributed by atoms with E-state index in [2.05, 4.69) is 34.9 Å². The first-order chi connectivity index (χ1) is 15.9. The van der Waals surface area contributed by atoms with Crippen LogP contribution in [0.2, 0.25) is 0 Å². The molecule has 0 saturated heterocycles. The minimum atomic E-state index is -0.932. The zero-order valence-corrected chi connectivity index (χ0v) is 18.8. The summed E-state index contributed by atoms with van der Waals surface area (Å²) >= 11 is 0. The monoisotopic (exact) mass is 450 g/mol. The number of benzene rings is 2. The van der Waals surface area contributed by atoms with E-state index >= 15 is 0 Å². The molecule has 3 N–H and O–H groups in total. The van der Waals surface area contributed by atoms with E-state index in [1.807, 2.05) is 24.3 Å². The van der Waals surface area contributed by atoms with Crippen molar-refractivity contribution in [2.24, 2.45) is 5.92 Å². The molecule has 174 valence electrons. The summed E-state index contributed by atoms with van der Waals surface area (Å²) in [6.45, 7) is 1.97. The Morgan fingerprint density at radius 2 is 1.55 bits per heavy atom. The number of hydrogen-bond donors (Lipinski definition) is 3. The maximum absolute atomic E-state index is 12.5. The van der Waals surface area contributed by atoms with Gasteiger partial charge in [-0.3, -0.25) is 9.59 Å². The third kappa shape index (κ3) is 5.35. The summed E-state index contributed by atoms with van der Waals surface area (Å²) < 4.78 is 5.62. The highest BCUT2D eigenvalue weighted by molar-refractivity contribution is 5.80. The summed E-state index contributed by atoms with van der Waals surface area (Å²) in [7, 11) is 0. The highest BCUT2D eigenvalue weighted by Gasteiger charge is 2.31. The summed E-state index contributed by atoms with van der Waals surface area (Å²) in [5.74, 6) is -1.17. The summed E-state index contributed by atoms with van der Waals surface area (Å²) in [5.41, 5.74) is 4.73. The number of carbonyl (C=O) groups is 3. The van der Waals surface area contributed by atoms with Crippen LogP contribution >= 0.6 is 0 Å². The first-order valence-corrected chi connectivity index (χ1v) is 11.6. The minimum Gasteiger partial charge on any atom is -0.481 e. The third-order valence-corrected chi connectivity index (χ3v) is 6.63. The van der Waals surface area contributed by atoms with Crippen LogP contribution in [0.5, 0.6) is 0 Å². The number of amides is 2. The minimum absolute atomic E-state index is 0.0235. The molecule has 4 rings (SSSR count). The maximum Gasteiger partial charge on any atom is 0.407 e. The van der Waals surface area contributed by atoms with Crippen LogP contribution in [0.25, 0.3) is 11.1 Å². The molecule has 1 atom stereocenters. The lowest BCUT2D eigenvalue weighted by Gasteiger charge is -2.29. The van der Waals surface area contributed by atoms with Crippen LogP contribution in [-0.4, -0.2) is 41.8 Å². The van der Waals surface area contributed by atoms with Gasteiger partial charge in [0.25, 0.3) is 0 Å². The Bertz CT molecular complexity index is 983. The van der Waals surface area contributed by atoms with Crippen molar-refractivity contribution in [1.29, 1.82) is 0 Å². The second-order valence-electron chi connectivity index (χ2n) is 9.03. The smallest absolute Gasteiger partial charge is 0.407 e. The van der Waals surface area contributed by atoms with Crippen LogP contribution in [0.4, 0.5) is 4.79 Å². The Labute approximate surface area is 193 Å². The van der Waals surface area contributed by atoms with Crippen LogP contribution in [0.1, 0.15) is 56.1 Å². The summed E-state index contributed by atoms with van der Waals surface area (Å²) in [4.78, 5) is 35.6. The van der Waals surface area contributed by atoms with Gasteiger partial charge in [-0.05, 0) is 54.9 Å². The summed E-state index contributed by atoms with van der Waals surface area (Å²) in [5, 5.41) is 14.6. The molecule has 0 spiro atoms. The van der Waals surface area contributed by atoms with Crippen molar-refractivity contribution in [3.8, 4) is 11.1 Å². The molecule has 2 aliphatic rings. The highest BCUT2D eigenvalue weighted by atomic mass is 16.5. The van der Waals surface area contributed by atoms with Gasteiger partial charge in [0, 0.05) is 23.9 Å². The standard InChI is InChI=1S/C26H30N2O5/c1-16(14-24(29)30)27-25(31)17-10-12-18(13-11-17)28-26(32)33-15-23-21-8-4-2-6-19(21)20-7-3-5-9-22(20)23/h2-9,16-18,23H,10-15H2,1H3,(H,27,31)(H,28,32)(H,29,30)/t16-,17?,18?/m1/s1. The van der Waals surface area contributed by atoms with E-state index in [4.69, 9.17) is 9.84 Å². The average Bonchev–Trinajstić information content (AvgIpc) is 3.11. The zero-order chi connectivity index (χ0) is 23.4. The molecule has 33 heavy (non-hydrogen) atoms. The Kier molecular flexibility index (Phi) is 6.96. The van der Waals surface area contributed by atoms with E-state index in [1.165, 1.54) is 22.3 Å². The fourth-order valence-electron chi connectivity index (χ4n) is 4.98. The molecular formula is C26H30N2O5. The second kappa shape index (κ2) is 10.1. The van der Waals surface area contributed by atoms with Gasteiger partial charge < -0.3 is 20.5 Å². The van der Waals surface area contributed by atoms with Gasteiger partial charge in [-0.1, -0.05) is 48.5 Å². The van der Waals surface area contributed by atoms with Gasteiger partial charge >= 0.3 is 12.1 Å². The molecule has 2 aromatic carbocycles. The third-order valence-electron chi connectivity index (χ3n) is 6.63. The molecule has 0 radical (unpaired) electrons. The van der Waals surface area contributed by atoms with Crippen LogP contribution < -0.4 is 10.6 Å². The molecule has 7 heteroatoms. The average molecular weight is 451 g/mol.